The van der Waals surface area contributed by atoms with Gasteiger partial charge in [-0.3, -0.25) is 15.1 Å². The molecule has 0 spiro atoms. The number of nitrogens with zero attached hydrogens (tertiary/aromatic N) is 3. The Bertz CT molecular complexity index is 1320. The van der Waals surface area contributed by atoms with Crippen molar-refractivity contribution in [2.45, 2.75) is 32.8 Å². The zero-order valence-corrected chi connectivity index (χ0v) is 20.8. The third-order valence-corrected chi connectivity index (χ3v) is 6.32. The molecule has 0 saturated heterocycles. The number of H-pyrrole nitrogens is 1. The minimum atomic E-state index is -0.495. The topological polar surface area (TPSA) is 83.9 Å². The van der Waals surface area contributed by atoms with Gasteiger partial charge >= 0.3 is 0 Å². The fourth-order valence-electron chi connectivity index (χ4n) is 3.69. The van der Waals surface area contributed by atoms with E-state index in [0.29, 0.717) is 37.8 Å². The SMILES string of the molecule is CC(Oc1ccc2[nH]nc(/C(F)=C/c3ccc(CC[C@@H](C)CO)nc3)c2c1)c1c(Cl)cncc1Cl. The number of hydrogen-bond donors (Lipinski definition) is 2. The zero-order chi connectivity index (χ0) is 24.9. The first-order valence-corrected chi connectivity index (χ1v) is 12.0. The second-order valence-electron chi connectivity index (χ2n) is 8.46. The lowest BCUT2D eigenvalue weighted by molar-refractivity contribution is 0.227. The summed E-state index contributed by atoms with van der Waals surface area (Å²) in [5.74, 6) is 0.245. The van der Waals surface area contributed by atoms with Gasteiger partial charge in [0.05, 0.1) is 15.6 Å². The Hall–Kier alpha value is -3.00. The molecule has 0 aliphatic carbocycles. The minimum absolute atomic E-state index is 0.153. The summed E-state index contributed by atoms with van der Waals surface area (Å²) >= 11 is 12.5. The van der Waals surface area contributed by atoms with E-state index in [1.54, 1.807) is 24.4 Å². The fourth-order valence-corrected chi connectivity index (χ4v) is 4.36. The number of aliphatic hydroxyl groups is 1. The first-order chi connectivity index (χ1) is 16.9. The summed E-state index contributed by atoms with van der Waals surface area (Å²) in [6.07, 6.45) is 7.20. The Morgan fingerprint density at radius 1 is 1.14 bits per heavy atom. The predicted octanol–water partition coefficient (Wildman–Crippen LogP) is 6.83. The number of aryl methyl sites for hydroxylation is 1. The number of halogens is 3. The predicted molar refractivity (Wildman–Crippen MR) is 137 cm³/mol. The zero-order valence-electron chi connectivity index (χ0n) is 19.3. The molecule has 0 amide bonds. The molecule has 0 saturated carbocycles. The second kappa shape index (κ2) is 11.2. The number of ether oxygens (including phenoxy) is 1. The number of aromatic nitrogens is 4. The molecule has 0 radical (unpaired) electrons. The highest BCUT2D eigenvalue weighted by molar-refractivity contribution is 6.35. The molecule has 35 heavy (non-hydrogen) atoms. The quantitative estimate of drug-likeness (QED) is 0.255. The summed E-state index contributed by atoms with van der Waals surface area (Å²) in [5, 5.41) is 17.6. The van der Waals surface area contributed by atoms with Gasteiger partial charge < -0.3 is 9.84 Å². The van der Waals surface area contributed by atoms with Crippen LogP contribution >= 0.6 is 23.2 Å². The highest BCUT2D eigenvalue weighted by Gasteiger charge is 2.17. The highest BCUT2D eigenvalue weighted by atomic mass is 35.5. The van der Waals surface area contributed by atoms with E-state index in [9.17, 15) is 0 Å². The van der Waals surface area contributed by atoms with Crippen LogP contribution in [0.2, 0.25) is 10.0 Å². The van der Waals surface area contributed by atoms with E-state index in [4.69, 9.17) is 33.0 Å². The van der Waals surface area contributed by atoms with E-state index in [1.165, 1.54) is 18.5 Å². The summed E-state index contributed by atoms with van der Waals surface area (Å²) in [4.78, 5) is 8.37. The molecule has 2 N–H and O–H groups in total. The van der Waals surface area contributed by atoms with Gasteiger partial charge in [-0.05, 0) is 61.6 Å². The van der Waals surface area contributed by atoms with Crippen LogP contribution < -0.4 is 4.74 Å². The third-order valence-electron chi connectivity index (χ3n) is 5.72. The Labute approximate surface area is 212 Å². The van der Waals surface area contributed by atoms with Crippen LogP contribution in [-0.2, 0) is 6.42 Å². The molecule has 3 aromatic heterocycles. The Kier molecular flexibility index (Phi) is 8.00. The molecule has 1 unspecified atom stereocenters. The molecule has 4 rings (SSSR count). The summed E-state index contributed by atoms with van der Waals surface area (Å²) in [6, 6.07) is 8.96. The maximum absolute atomic E-state index is 15.2. The van der Waals surface area contributed by atoms with Crippen LogP contribution in [0, 0.1) is 5.92 Å². The van der Waals surface area contributed by atoms with Gasteiger partial charge in [0.2, 0.25) is 0 Å². The van der Waals surface area contributed by atoms with Crippen LogP contribution in [0.5, 0.6) is 5.75 Å². The molecule has 4 aromatic rings. The average Bonchev–Trinajstić information content (AvgIpc) is 3.26. The number of aliphatic hydroxyl groups excluding tert-OH is 1. The second-order valence-corrected chi connectivity index (χ2v) is 9.27. The number of pyridine rings is 2. The molecule has 0 aliphatic heterocycles. The molecule has 3 heterocycles. The van der Waals surface area contributed by atoms with Crippen molar-refractivity contribution in [2.75, 3.05) is 6.61 Å². The van der Waals surface area contributed by atoms with Gasteiger partial charge in [0.25, 0.3) is 0 Å². The van der Waals surface area contributed by atoms with Crippen LogP contribution in [-0.4, -0.2) is 31.9 Å². The fraction of sp³-hybridized carbons (Fsp3) is 0.269. The number of nitrogens with one attached hydrogen (secondary N) is 1. The van der Waals surface area contributed by atoms with Crippen molar-refractivity contribution in [2.24, 2.45) is 5.92 Å². The standard InChI is InChI=1S/C26H25Cl2FN4O2/c1-15(14-34)3-5-18-6-4-17(11-31-18)9-23(29)26-20-10-19(7-8-24(20)32-33-26)35-16(2)25-21(27)12-30-13-22(25)28/h4,6-13,15-16,34H,3,5,14H2,1-2H3,(H,32,33)/b23-9-/t15-,16?/m1/s1. The van der Waals surface area contributed by atoms with Crippen LogP contribution in [0.1, 0.15) is 48.9 Å². The van der Waals surface area contributed by atoms with E-state index in [0.717, 1.165) is 18.5 Å². The number of fused-ring (bicyclic) bond motifs is 1. The summed E-state index contributed by atoms with van der Waals surface area (Å²) in [5.41, 5.74) is 3.01. The molecule has 6 nitrogen and oxygen atoms in total. The lowest BCUT2D eigenvalue weighted by atomic mass is 10.0. The van der Waals surface area contributed by atoms with Crippen molar-refractivity contribution < 1.29 is 14.2 Å². The molecule has 0 aliphatic rings. The molecular weight excluding hydrogens is 490 g/mol. The maximum atomic E-state index is 15.2. The van der Waals surface area contributed by atoms with Crippen molar-refractivity contribution in [3.63, 3.8) is 0 Å². The average molecular weight is 515 g/mol. The minimum Gasteiger partial charge on any atom is -0.486 e. The number of hydrogen-bond acceptors (Lipinski definition) is 5. The first-order valence-electron chi connectivity index (χ1n) is 11.2. The van der Waals surface area contributed by atoms with Gasteiger partial charge in [-0.25, -0.2) is 4.39 Å². The van der Waals surface area contributed by atoms with Gasteiger partial charge in [-0.1, -0.05) is 36.2 Å². The van der Waals surface area contributed by atoms with Gasteiger partial charge in [-0.15, -0.1) is 0 Å². The first kappa shape index (κ1) is 25.1. The van der Waals surface area contributed by atoms with E-state index in [1.807, 2.05) is 26.0 Å². The Morgan fingerprint density at radius 2 is 1.91 bits per heavy atom. The summed E-state index contributed by atoms with van der Waals surface area (Å²) < 4.78 is 21.2. The molecule has 0 bridgehead atoms. The van der Waals surface area contributed by atoms with Crippen molar-refractivity contribution >= 4 is 46.0 Å². The number of aromatic amines is 1. The van der Waals surface area contributed by atoms with Crippen molar-refractivity contribution in [3.8, 4) is 5.75 Å². The van der Waals surface area contributed by atoms with Crippen molar-refractivity contribution in [1.82, 2.24) is 20.2 Å². The lowest BCUT2D eigenvalue weighted by Crippen LogP contribution is -2.05. The van der Waals surface area contributed by atoms with Gasteiger partial charge in [-0.2, -0.15) is 5.10 Å². The Balaban J connectivity index is 1.54. The van der Waals surface area contributed by atoms with Crippen LogP contribution in [0.3, 0.4) is 0 Å². The van der Waals surface area contributed by atoms with E-state index in [2.05, 4.69) is 20.2 Å². The number of benzene rings is 1. The van der Waals surface area contributed by atoms with E-state index >= 15 is 4.39 Å². The molecule has 0 fully saturated rings. The van der Waals surface area contributed by atoms with Crippen LogP contribution in [0.15, 0.2) is 48.9 Å². The van der Waals surface area contributed by atoms with Gasteiger partial charge in [0, 0.05) is 41.8 Å². The van der Waals surface area contributed by atoms with Gasteiger partial charge in [0.1, 0.15) is 17.5 Å². The van der Waals surface area contributed by atoms with Crippen molar-refractivity contribution in [3.05, 3.63) is 81.5 Å². The van der Waals surface area contributed by atoms with Crippen LogP contribution in [0.25, 0.3) is 22.8 Å². The Morgan fingerprint density at radius 3 is 2.60 bits per heavy atom. The molecular formula is C26H25Cl2FN4O2. The van der Waals surface area contributed by atoms with Gasteiger partial charge in [0.15, 0.2) is 5.83 Å². The largest absolute Gasteiger partial charge is 0.486 e. The molecule has 1 aromatic carbocycles. The summed E-state index contributed by atoms with van der Waals surface area (Å²) in [6.45, 7) is 3.97. The normalized spacial score (nSPS) is 13.7. The van der Waals surface area contributed by atoms with Crippen molar-refractivity contribution in [1.29, 1.82) is 0 Å². The lowest BCUT2D eigenvalue weighted by Gasteiger charge is -2.17. The monoisotopic (exact) mass is 514 g/mol. The van der Waals surface area contributed by atoms with E-state index < -0.39 is 11.9 Å². The highest BCUT2D eigenvalue weighted by Crippen LogP contribution is 2.34. The molecule has 2 atom stereocenters. The maximum Gasteiger partial charge on any atom is 0.151 e. The molecule has 9 heteroatoms. The molecule has 182 valence electrons. The van der Waals surface area contributed by atoms with Crippen LogP contribution in [0.4, 0.5) is 4.39 Å². The number of rotatable bonds is 9. The van der Waals surface area contributed by atoms with E-state index in [-0.39, 0.29) is 18.2 Å². The summed E-state index contributed by atoms with van der Waals surface area (Å²) in [7, 11) is 0. The third kappa shape index (κ3) is 5.99. The smallest absolute Gasteiger partial charge is 0.151 e.